The zero-order chi connectivity index (χ0) is 13.8. The molecule has 19 heavy (non-hydrogen) atoms. The maximum atomic E-state index is 6.02. The molecule has 2 aromatic rings. The van der Waals surface area contributed by atoms with Gasteiger partial charge in [-0.25, -0.2) is 0 Å². The lowest BCUT2D eigenvalue weighted by Crippen LogP contribution is -2.19. The molecule has 0 amide bonds. The Morgan fingerprint density at radius 3 is 2.32 bits per heavy atom. The van der Waals surface area contributed by atoms with Gasteiger partial charge >= 0.3 is 0 Å². The van der Waals surface area contributed by atoms with Crippen LogP contribution in [0.15, 0.2) is 34.7 Å². The second-order valence-corrected chi connectivity index (χ2v) is 5.10. The van der Waals surface area contributed by atoms with Crippen molar-refractivity contribution >= 4 is 0 Å². The third kappa shape index (κ3) is 3.27. The van der Waals surface area contributed by atoms with Crippen LogP contribution in [0.2, 0.25) is 0 Å². The Balaban J connectivity index is 2.29. The lowest BCUT2D eigenvalue weighted by Gasteiger charge is -2.12. The smallest absolute Gasteiger partial charge is 0.134 e. The molecule has 1 unspecified atom stereocenters. The van der Waals surface area contributed by atoms with Gasteiger partial charge in [-0.3, -0.25) is 0 Å². The highest BCUT2D eigenvalue weighted by Crippen LogP contribution is 2.28. The normalized spacial score (nSPS) is 12.6. The summed E-state index contributed by atoms with van der Waals surface area (Å²) in [6, 6.07) is 11.0. The number of hydrogen-bond donors (Lipinski definition) is 1. The largest absolute Gasteiger partial charge is 0.459 e. The van der Waals surface area contributed by atoms with Gasteiger partial charge in [0, 0.05) is 5.56 Å². The molecule has 2 nitrogen and oxygen atoms in total. The van der Waals surface area contributed by atoms with Gasteiger partial charge in [0.25, 0.3) is 0 Å². The monoisotopic (exact) mass is 257 g/mol. The molecule has 102 valence electrons. The quantitative estimate of drug-likeness (QED) is 0.845. The van der Waals surface area contributed by atoms with Gasteiger partial charge in [-0.1, -0.05) is 31.0 Å². The van der Waals surface area contributed by atoms with Crippen molar-refractivity contribution in [1.82, 2.24) is 5.32 Å². The van der Waals surface area contributed by atoms with Crippen molar-refractivity contribution < 1.29 is 4.42 Å². The van der Waals surface area contributed by atoms with E-state index in [2.05, 4.69) is 63.3 Å². The molecule has 0 saturated heterocycles. The fourth-order valence-corrected chi connectivity index (χ4v) is 2.50. The van der Waals surface area contributed by atoms with Crippen molar-refractivity contribution in [3.05, 3.63) is 47.2 Å². The summed E-state index contributed by atoms with van der Waals surface area (Å²) >= 11 is 0. The van der Waals surface area contributed by atoms with E-state index in [-0.39, 0.29) is 0 Å². The summed E-state index contributed by atoms with van der Waals surface area (Å²) in [5, 5.41) is 3.44. The summed E-state index contributed by atoms with van der Waals surface area (Å²) < 4.78 is 6.02. The van der Waals surface area contributed by atoms with E-state index in [0.717, 1.165) is 30.0 Å². The molecule has 1 aromatic carbocycles. The number of hydrogen-bond acceptors (Lipinski definition) is 2. The van der Waals surface area contributed by atoms with Crippen molar-refractivity contribution in [2.24, 2.45) is 0 Å². The molecule has 0 saturated carbocycles. The molecular formula is C17H23NO. The molecule has 0 aliphatic heterocycles. The van der Waals surface area contributed by atoms with E-state index in [1.165, 1.54) is 11.1 Å². The van der Waals surface area contributed by atoms with Crippen LogP contribution in [-0.4, -0.2) is 6.54 Å². The summed E-state index contributed by atoms with van der Waals surface area (Å²) in [5.41, 5.74) is 3.70. The minimum absolute atomic E-state index is 0.310. The molecule has 0 aliphatic carbocycles. The zero-order valence-corrected chi connectivity index (χ0v) is 12.3. The Hall–Kier alpha value is -1.54. The van der Waals surface area contributed by atoms with Crippen molar-refractivity contribution in [3.8, 4) is 11.3 Å². The van der Waals surface area contributed by atoms with Gasteiger partial charge in [-0.05, 0) is 51.1 Å². The maximum absolute atomic E-state index is 6.02. The lowest BCUT2D eigenvalue weighted by atomic mass is 10.1. The van der Waals surface area contributed by atoms with Crippen LogP contribution in [0, 0.1) is 13.8 Å². The van der Waals surface area contributed by atoms with Gasteiger partial charge in [0.2, 0.25) is 0 Å². The molecule has 1 heterocycles. The van der Waals surface area contributed by atoms with Crippen LogP contribution in [0.3, 0.4) is 0 Å². The second-order valence-electron chi connectivity index (χ2n) is 5.10. The van der Waals surface area contributed by atoms with Crippen LogP contribution >= 0.6 is 0 Å². The molecule has 2 heteroatoms. The average Bonchev–Trinajstić information content (AvgIpc) is 2.84. The zero-order valence-electron chi connectivity index (χ0n) is 12.3. The SMILES string of the molecule is CCNC(CC)c1ccc(-c2cc(C)cc(C)c2)o1. The van der Waals surface area contributed by atoms with Gasteiger partial charge < -0.3 is 9.73 Å². The van der Waals surface area contributed by atoms with Crippen molar-refractivity contribution in [1.29, 1.82) is 0 Å². The molecule has 2 rings (SSSR count). The van der Waals surface area contributed by atoms with Crippen LogP contribution in [0.1, 0.15) is 43.2 Å². The first-order valence-electron chi connectivity index (χ1n) is 7.05. The Morgan fingerprint density at radius 2 is 1.74 bits per heavy atom. The van der Waals surface area contributed by atoms with Crippen molar-refractivity contribution in [2.45, 2.75) is 40.2 Å². The first-order chi connectivity index (χ1) is 9.13. The lowest BCUT2D eigenvalue weighted by molar-refractivity contribution is 0.417. The number of nitrogens with one attached hydrogen (secondary N) is 1. The minimum atomic E-state index is 0.310. The molecule has 1 aromatic heterocycles. The molecule has 0 aliphatic rings. The molecule has 0 spiro atoms. The second kappa shape index (κ2) is 6.07. The highest BCUT2D eigenvalue weighted by atomic mass is 16.3. The van der Waals surface area contributed by atoms with E-state index >= 15 is 0 Å². The van der Waals surface area contributed by atoms with Crippen LogP contribution in [0.25, 0.3) is 11.3 Å². The van der Waals surface area contributed by atoms with E-state index in [0.29, 0.717) is 6.04 Å². The van der Waals surface area contributed by atoms with Gasteiger partial charge in [0.1, 0.15) is 11.5 Å². The van der Waals surface area contributed by atoms with E-state index in [1.54, 1.807) is 0 Å². The van der Waals surface area contributed by atoms with Gasteiger partial charge in [0.15, 0.2) is 0 Å². The number of furan rings is 1. The predicted molar refractivity (Wildman–Crippen MR) is 80.3 cm³/mol. The van der Waals surface area contributed by atoms with Crippen molar-refractivity contribution in [3.63, 3.8) is 0 Å². The highest BCUT2D eigenvalue weighted by molar-refractivity contribution is 5.60. The van der Waals surface area contributed by atoms with Crippen LogP contribution in [-0.2, 0) is 0 Å². The molecule has 0 fully saturated rings. The predicted octanol–water partition coefficient (Wildman–Crippen LogP) is 4.62. The Labute approximate surface area is 115 Å². The molecular weight excluding hydrogens is 234 g/mol. The van der Waals surface area contributed by atoms with Crippen LogP contribution < -0.4 is 5.32 Å². The van der Waals surface area contributed by atoms with E-state index < -0.39 is 0 Å². The third-order valence-electron chi connectivity index (χ3n) is 3.34. The molecule has 0 bridgehead atoms. The van der Waals surface area contributed by atoms with Gasteiger partial charge in [0.05, 0.1) is 6.04 Å². The summed E-state index contributed by atoms with van der Waals surface area (Å²) in [6.45, 7) is 9.49. The van der Waals surface area contributed by atoms with Crippen LogP contribution in [0.4, 0.5) is 0 Å². The maximum Gasteiger partial charge on any atom is 0.134 e. The molecule has 0 radical (unpaired) electrons. The average molecular weight is 257 g/mol. The Bertz CT molecular complexity index is 522. The Morgan fingerprint density at radius 1 is 1.05 bits per heavy atom. The standard InChI is InChI=1S/C17H23NO/c1-5-15(18-6-2)17-8-7-16(19-17)14-10-12(3)9-13(4)11-14/h7-11,15,18H,5-6H2,1-4H3. The van der Waals surface area contributed by atoms with Crippen molar-refractivity contribution in [2.75, 3.05) is 6.54 Å². The first kappa shape index (κ1) is 13.9. The first-order valence-corrected chi connectivity index (χ1v) is 7.05. The third-order valence-corrected chi connectivity index (χ3v) is 3.34. The van der Waals surface area contributed by atoms with Gasteiger partial charge in [-0.2, -0.15) is 0 Å². The number of aryl methyl sites for hydroxylation is 2. The molecule has 1 atom stereocenters. The number of benzene rings is 1. The van der Waals surface area contributed by atoms with Crippen LogP contribution in [0.5, 0.6) is 0 Å². The highest BCUT2D eigenvalue weighted by Gasteiger charge is 2.13. The summed E-state index contributed by atoms with van der Waals surface area (Å²) in [4.78, 5) is 0. The van der Waals surface area contributed by atoms with E-state index in [4.69, 9.17) is 4.42 Å². The summed E-state index contributed by atoms with van der Waals surface area (Å²) in [5.74, 6) is 1.98. The van der Waals surface area contributed by atoms with E-state index in [9.17, 15) is 0 Å². The fourth-order valence-electron chi connectivity index (χ4n) is 2.50. The Kier molecular flexibility index (Phi) is 4.43. The van der Waals surface area contributed by atoms with Gasteiger partial charge in [-0.15, -0.1) is 0 Å². The summed E-state index contributed by atoms with van der Waals surface area (Å²) in [6.07, 6.45) is 1.04. The minimum Gasteiger partial charge on any atom is -0.459 e. The van der Waals surface area contributed by atoms with E-state index in [1.807, 2.05) is 0 Å². The fraction of sp³-hybridized carbons (Fsp3) is 0.412. The summed E-state index contributed by atoms with van der Waals surface area (Å²) in [7, 11) is 0. The number of rotatable bonds is 5. The molecule has 1 N–H and O–H groups in total. The topological polar surface area (TPSA) is 25.2 Å².